The van der Waals surface area contributed by atoms with Gasteiger partial charge in [0, 0.05) is 12.6 Å². The summed E-state index contributed by atoms with van der Waals surface area (Å²) in [5, 5.41) is 2.71. The van der Waals surface area contributed by atoms with Gasteiger partial charge in [-0.3, -0.25) is 9.52 Å². The Morgan fingerprint density at radius 3 is 1.92 bits per heavy atom. The molecule has 0 unspecified atom stereocenters. The molecule has 0 saturated heterocycles. The Morgan fingerprint density at radius 2 is 1.40 bits per heavy atom. The largest absolute Gasteiger partial charge is 0.326 e. The summed E-state index contributed by atoms with van der Waals surface area (Å²) in [5.74, 6) is -0.205. The summed E-state index contributed by atoms with van der Waals surface area (Å²) in [4.78, 5) is 11.6. The zero-order chi connectivity index (χ0) is 18.9. The summed E-state index contributed by atoms with van der Waals surface area (Å²) >= 11 is 0. The normalized spacial score (nSPS) is 11.3. The third-order valence-electron chi connectivity index (χ3n) is 4.45. The van der Waals surface area contributed by atoms with Gasteiger partial charge in [0.25, 0.3) is 10.0 Å². The summed E-state index contributed by atoms with van der Waals surface area (Å²) in [6, 6.07) is 7.12. The van der Waals surface area contributed by atoms with Crippen molar-refractivity contribution in [2.75, 3.05) is 10.0 Å². The van der Waals surface area contributed by atoms with Gasteiger partial charge in [-0.15, -0.1) is 0 Å². The van der Waals surface area contributed by atoms with Crippen LogP contribution in [-0.4, -0.2) is 14.3 Å². The van der Waals surface area contributed by atoms with Crippen molar-refractivity contribution in [2.24, 2.45) is 0 Å². The molecule has 25 heavy (non-hydrogen) atoms. The molecule has 134 valence electrons. The molecule has 0 aliphatic heterocycles. The van der Waals surface area contributed by atoms with Crippen LogP contribution in [0.5, 0.6) is 0 Å². The number of hydrogen-bond acceptors (Lipinski definition) is 3. The SMILES string of the molecule is CC(=O)Nc1cccc(NS(=O)(=O)c2c(C)c(C)cc(C)c2C)c1C. The Kier molecular flexibility index (Phi) is 5.23. The number of benzene rings is 2. The van der Waals surface area contributed by atoms with E-state index in [-0.39, 0.29) is 5.91 Å². The van der Waals surface area contributed by atoms with Crippen LogP contribution in [0.3, 0.4) is 0 Å². The van der Waals surface area contributed by atoms with Crippen molar-refractivity contribution in [3.05, 3.63) is 52.1 Å². The topological polar surface area (TPSA) is 75.3 Å². The van der Waals surface area contributed by atoms with Gasteiger partial charge in [0.15, 0.2) is 0 Å². The van der Waals surface area contributed by atoms with Gasteiger partial charge in [-0.2, -0.15) is 0 Å². The average molecular weight is 360 g/mol. The van der Waals surface area contributed by atoms with Crippen LogP contribution in [0.15, 0.2) is 29.2 Å². The summed E-state index contributed by atoms with van der Waals surface area (Å²) in [5.41, 5.74) is 5.06. The lowest BCUT2D eigenvalue weighted by Gasteiger charge is -2.18. The molecule has 2 rings (SSSR count). The van der Waals surface area contributed by atoms with Crippen LogP contribution in [0.1, 0.15) is 34.7 Å². The van der Waals surface area contributed by atoms with Crippen LogP contribution in [-0.2, 0) is 14.8 Å². The summed E-state index contributed by atoms with van der Waals surface area (Å²) in [6.07, 6.45) is 0. The highest BCUT2D eigenvalue weighted by molar-refractivity contribution is 7.92. The molecule has 0 bridgehead atoms. The maximum Gasteiger partial charge on any atom is 0.262 e. The Morgan fingerprint density at radius 1 is 0.880 bits per heavy atom. The minimum Gasteiger partial charge on any atom is -0.326 e. The molecular formula is C19H24N2O3S. The lowest BCUT2D eigenvalue weighted by atomic mass is 10.0. The molecule has 2 aromatic carbocycles. The highest BCUT2D eigenvalue weighted by Gasteiger charge is 2.23. The van der Waals surface area contributed by atoms with E-state index in [0.29, 0.717) is 21.8 Å². The van der Waals surface area contributed by atoms with Crippen LogP contribution >= 0.6 is 0 Å². The Hall–Kier alpha value is -2.34. The van der Waals surface area contributed by atoms with Crippen molar-refractivity contribution in [3.8, 4) is 0 Å². The molecule has 2 N–H and O–H groups in total. The number of carbonyl (C=O) groups excluding carboxylic acids is 1. The number of carbonyl (C=O) groups is 1. The van der Waals surface area contributed by atoms with E-state index in [1.54, 1.807) is 25.1 Å². The highest BCUT2D eigenvalue weighted by Crippen LogP contribution is 2.30. The van der Waals surface area contributed by atoms with E-state index in [4.69, 9.17) is 0 Å². The first-order valence-corrected chi connectivity index (χ1v) is 9.50. The first-order chi connectivity index (χ1) is 11.5. The molecule has 0 spiro atoms. The molecule has 0 fully saturated rings. The zero-order valence-corrected chi connectivity index (χ0v) is 16.3. The molecule has 0 aromatic heterocycles. The van der Waals surface area contributed by atoms with Crippen LogP contribution in [0.4, 0.5) is 11.4 Å². The number of anilines is 2. The van der Waals surface area contributed by atoms with Gasteiger partial charge in [0.05, 0.1) is 10.6 Å². The van der Waals surface area contributed by atoms with Gasteiger partial charge in [-0.25, -0.2) is 8.42 Å². The Bertz CT molecular complexity index is 921. The van der Waals surface area contributed by atoms with Crippen molar-refractivity contribution >= 4 is 27.3 Å². The molecule has 5 nitrogen and oxygen atoms in total. The number of sulfonamides is 1. The molecule has 0 atom stereocenters. The van der Waals surface area contributed by atoms with Crippen molar-refractivity contribution in [3.63, 3.8) is 0 Å². The summed E-state index contributed by atoms with van der Waals surface area (Å²) in [6.45, 7) is 10.6. The first-order valence-electron chi connectivity index (χ1n) is 8.02. The summed E-state index contributed by atoms with van der Waals surface area (Å²) in [7, 11) is -3.75. The van der Waals surface area contributed by atoms with Crippen molar-refractivity contribution in [1.29, 1.82) is 0 Å². The lowest BCUT2D eigenvalue weighted by Crippen LogP contribution is -2.18. The second-order valence-electron chi connectivity index (χ2n) is 6.35. The second kappa shape index (κ2) is 6.88. The number of rotatable bonds is 4. The maximum atomic E-state index is 13.0. The van der Waals surface area contributed by atoms with Gasteiger partial charge in [0.2, 0.25) is 5.91 Å². The fraction of sp³-hybridized carbons (Fsp3) is 0.316. The minimum atomic E-state index is -3.75. The van der Waals surface area contributed by atoms with Gasteiger partial charge < -0.3 is 5.32 Å². The molecule has 1 amide bonds. The third kappa shape index (κ3) is 3.85. The van der Waals surface area contributed by atoms with Gasteiger partial charge in [-0.05, 0) is 74.6 Å². The number of nitrogens with one attached hydrogen (secondary N) is 2. The molecule has 0 heterocycles. The molecule has 2 aromatic rings. The van der Waals surface area contributed by atoms with E-state index >= 15 is 0 Å². The standard InChI is InChI=1S/C19H24N2O3S/c1-11-10-12(2)14(4)19(13(11)3)25(23,24)21-18-9-7-8-17(15(18)5)20-16(6)22/h7-10,21H,1-6H3,(H,20,22). The molecule has 0 aliphatic carbocycles. The number of aryl methyl sites for hydroxylation is 2. The molecule has 0 aliphatic rings. The quantitative estimate of drug-likeness (QED) is 0.866. The van der Waals surface area contributed by atoms with Gasteiger partial charge in [0.1, 0.15) is 0 Å². The van der Waals surface area contributed by atoms with Crippen LogP contribution in [0, 0.1) is 34.6 Å². The monoisotopic (exact) mass is 360 g/mol. The lowest BCUT2D eigenvalue weighted by molar-refractivity contribution is -0.114. The van der Waals surface area contributed by atoms with Gasteiger partial charge in [-0.1, -0.05) is 12.1 Å². The molecule has 0 radical (unpaired) electrons. The highest BCUT2D eigenvalue weighted by atomic mass is 32.2. The average Bonchev–Trinajstić information content (AvgIpc) is 2.48. The van der Waals surface area contributed by atoms with E-state index < -0.39 is 10.0 Å². The fourth-order valence-electron chi connectivity index (χ4n) is 2.85. The van der Waals surface area contributed by atoms with Crippen molar-refractivity contribution in [1.82, 2.24) is 0 Å². The predicted octanol–water partition coefficient (Wildman–Crippen LogP) is 3.99. The number of amides is 1. The smallest absolute Gasteiger partial charge is 0.262 e. The second-order valence-corrected chi connectivity index (χ2v) is 7.97. The predicted molar refractivity (Wildman–Crippen MR) is 102 cm³/mol. The van der Waals surface area contributed by atoms with Crippen LogP contribution in [0.25, 0.3) is 0 Å². The Labute approximate surface area is 149 Å². The van der Waals surface area contributed by atoms with E-state index in [2.05, 4.69) is 10.0 Å². The minimum absolute atomic E-state index is 0.205. The van der Waals surface area contributed by atoms with E-state index in [0.717, 1.165) is 22.3 Å². The van der Waals surface area contributed by atoms with Crippen molar-refractivity contribution < 1.29 is 13.2 Å². The number of hydrogen-bond donors (Lipinski definition) is 2. The Balaban J connectivity index is 2.53. The first kappa shape index (κ1) is 19.0. The zero-order valence-electron chi connectivity index (χ0n) is 15.4. The fourth-order valence-corrected chi connectivity index (χ4v) is 4.59. The van der Waals surface area contributed by atoms with Gasteiger partial charge >= 0.3 is 0 Å². The molecule has 0 saturated carbocycles. The molecular weight excluding hydrogens is 336 g/mol. The van der Waals surface area contributed by atoms with E-state index in [9.17, 15) is 13.2 Å². The summed E-state index contributed by atoms with van der Waals surface area (Å²) < 4.78 is 28.7. The molecule has 6 heteroatoms. The van der Waals surface area contributed by atoms with Crippen LogP contribution < -0.4 is 10.0 Å². The maximum absolute atomic E-state index is 13.0. The van der Waals surface area contributed by atoms with E-state index in [1.807, 2.05) is 33.8 Å². The van der Waals surface area contributed by atoms with Crippen molar-refractivity contribution in [2.45, 2.75) is 46.4 Å². The third-order valence-corrected chi connectivity index (χ3v) is 6.09. The van der Waals surface area contributed by atoms with E-state index in [1.165, 1.54) is 6.92 Å². The van der Waals surface area contributed by atoms with Crippen LogP contribution in [0.2, 0.25) is 0 Å².